The number of alkyl halides is 3. The number of ether oxygens (including phenoxy) is 2. The van der Waals surface area contributed by atoms with Crippen molar-refractivity contribution < 1.29 is 37.3 Å². The Morgan fingerprint density at radius 3 is 2.18 bits per heavy atom. The summed E-state index contributed by atoms with van der Waals surface area (Å²) in [4.78, 5) is 25.3. The van der Waals surface area contributed by atoms with Gasteiger partial charge in [0.05, 0.1) is 23.6 Å². The smallest absolute Gasteiger partial charge is 0.416 e. The van der Waals surface area contributed by atoms with Gasteiger partial charge in [0, 0.05) is 4.88 Å². The molecule has 10 heteroatoms. The fraction of sp³-hybridized carbons (Fsp3) is 0.379. The van der Waals surface area contributed by atoms with E-state index in [-0.39, 0.29) is 25.2 Å². The number of carbonyl (C=O) groups is 2. The largest absolute Gasteiger partial charge is 0.485 e. The number of carbonyl (C=O) groups excluding carboxylic acids is 2. The highest BCUT2D eigenvalue weighted by atomic mass is 32.1. The lowest BCUT2D eigenvalue weighted by Gasteiger charge is -2.23. The van der Waals surface area contributed by atoms with E-state index in [1.54, 1.807) is 13.0 Å². The van der Waals surface area contributed by atoms with Gasteiger partial charge in [-0.15, -0.1) is 11.3 Å². The monoisotopic (exact) mass is 563 g/mol. The van der Waals surface area contributed by atoms with Crippen LogP contribution in [0.1, 0.15) is 58.1 Å². The number of thiophene rings is 1. The van der Waals surface area contributed by atoms with Crippen molar-refractivity contribution in [2.45, 2.75) is 53.0 Å². The van der Waals surface area contributed by atoms with Gasteiger partial charge in [0.2, 0.25) is 0 Å². The lowest BCUT2D eigenvalue weighted by molar-refractivity contribution is -0.152. The molecule has 6 nitrogen and oxygen atoms in total. The topological polar surface area (TPSA) is 84.9 Å². The zero-order chi connectivity index (χ0) is 28.9. The zero-order valence-electron chi connectivity index (χ0n) is 22.4. The molecule has 1 aromatic heterocycles. The lowest BCUT2D eigenvalue weighted by atomic mass is 9.94. The summed E-state index contributed by atoms with van der Waals surface area (Å²) in [6.07, 6.45) is -6.20. The van der Waals surface area contributed by atoms with E-state index in [9.17, 15) is 27.9 Å². The van der Waals surface area contributed by atoms with Crippen LogP contribution in [0.3, 0.4) is 0 Å². The van der Waals surface area contributed by atoms with Crippen LogP contribution in [0, 0.1) is 19.8 Å². The molecule has 0 fully saturated rings. The van der Waals surface area contributed by atoms with Gasteiger partial charge in [-0.25, -0.2) is 4.79 Å². The third kappa shape index (κ3) is 7.60. The zero-order valence-corrected chi connectivity index (χ0v) is 23.2. The van der Waals surface area contributed by atoms with Crippen molar-refractivity contribution in [2.24, 2.45) is 5.92 Å². The van der Waals surface area contributed by atoms with Crippen LogP contribution in [0.25, 0.3) is 11.1 Å². The molecule has 2 atom stereocenters. The van der Waals surface area contributed by atoms with E-state index in [2.05, 4.69) is 5.32 Å². The number of aliphatic hydroxyl groups is 1. The molecule has 2 N–H and O–H groups in total. The molecule has 0 aliphatic carbocycles. The number of esters is 1. The third-order valence-corrected chi connectivity index (χ3v) is 7.17. The summed E-state index contributed by atoms with van der Waals surface area (Å²) in [6, 6.07) is 12.3. The third-order valence-electron chi connectivity index (χ3n) is 6.02. The number of nitrogens with one attached hydrogen (secondary N) is 1. The Kier molecular flexibility index (Phi) is 9.79. The molecule has 0 spiro atoms. The Balaban J connectivity index is 1.75. The Hall–Kier alpha value is -3.37. The van der Waals surface area contributed by atoms with Gasteiger partial charge in [0.25, 0.3) is 5.91 Å². The molecule has 0 bridgehead atoms. The van der Waals surface area contributed by atoms with Gasteiger partial charge in [-0.3, -0.25) is 4.79 Å². The molecule has 0 aliphatic heterocycles. The standard InChI is InChI=1S/C29H32F3NO5S/c1-6-37-28(36)22(34)15-33-27(35)24-12-11-23(39-24)26(16(2)3)38-21-13-17(4)25(18(5)14-21)19-7-9-20(10-8-19)29(30,31)32/h7-14,16,22,26,34H,6,15H2,1-5H3,(H,33,35)/t22-,26+/m0/s1. The lowest BCUT2D eigenvalue weighted by Crippen LogP contribution is -2.37. The molecule has 3 rings (SSSR count). The second-order valence-electron chi connectivity index (χ2n) is 9.47. The summed E-state index contributed by atoms with van der Waals surface area (Å²) in [5.74, 6) is -0.561. The maximum Gasteiger partial charge on any atom is 0.416 e. The van der Waals surface area contributed by atoms with Crippen LogP contribution in [-0.4, -0.2) is 36.2 Å². The number of halogens is 3. The minimum atomic E-state index is -4.39. The Morgan fingerprint density at radius 2 is 1.64 bits per heavy atom. The van der Waals surface area contributed by atoms with E-state index in [1.165, 1.54) is 23.5 Å². The summed E-state index contributed by atoms with van der Waals surface area (Å²) in [5, 5.41) is 12.3. The number of hydrogen-bond donors (Lipinski definition) is 2. The molecule has 0 saturated heterocycles. The van der Waals surface area contributed by atoms with Crippen molar-refractivity contribution in [3.05, 3.63) is 75.0 Å². The number of benzene rings is 2. The van der Waals surface area contributed by atoms with Crippen LogP contribution < -0.4 is 10.1 Å². The van der Waals surface area contributed by atoms with Gasteiger partial charge < -0.3 is 19.9 Å². The average molecular weight is 564 g/mol. The SMILES string of the molecule is CCOC(=O)[C@@H](O)CNC(=O)c1ccc([C@H](Oc2cc(C)c(-c3ccc(C(F)(F)F)cc3)c(C)c2)C(C)C)s1. The highest BCUT2D eigenvalue weighted by molar-refractivity contribution is 7.14. The van der Waals surface area contributed by atoms with Crippen molar-refractivity contribution in [1.82, 2.24) is 5.32 Å². The summed E-state index contributed by atoms with van der Waals surface area (Å²) in [5.41, 5.74) is 2.56. The van der Waals surface area contributed by atoms with Crippen LogP contribution in [0.2, 0.25) is 0 Å². The average Bonchev–Trinajstić information content (AvgIpc) is 3.35. The van der Waals surface area contributed by atoms with E-state index in [1.807, 2.05) is 45.9 Å². The maximum atomic E-state index is 13.0. The van der Waals surface area contributed by atoms with E-state index >= 15 is 0 Å². The maximum absolute atomic E-state index is 13.0. The van der Waals surface area contributed by atoms with E-state index < -0.39 is 29.7 Å². The van der Waals surface area contributed by atoms with Gasteiger partial charge in [-0.2, -0.15) is 13.2 Å². The quantitative estimate of drug-likeness (QED) is 0.276. The summed E-state index contributed by atoms with van der Waals surface area (Å²) in [7, 11) is 0. The summed E-state index contributed by atoms with van der Waals surface area (Å²) >= 11 is 1.25. The number of aryl methyl sites for hydroxylation is 2. The first kappa shape index (κ1) is 30.2. The number of amides is 1. The summed E-state index contributed by atoms with van der Waals surface area (Å²) in [6.45, 7) is 9.25. The van der Waals surface area contributed by atoms with Gasteiger partial charge in [0.15, 0.2) is 6.10 Å². The van der Waals surface area contributed by atoms with Crippen molar-refractivity contribution in [3.63, 3.8) is 0 Å². The van der Waals surface area contributed by atoms with E-state index in [0.717, 1.165) is 33.7 Å². The highest BCUT2D eigenvalue weighted by Gasteiger charge is 2.30. The molecule has 1 amide bonds. The molecule has 0 unspecified atom stereocenters. The molecule has 39 heavy (non-hydrogen) atoms. The van der Waals surface area contributed by atoms with Crippen LogP contribution >= 0.6 is 11.3 Å². The number of aliphatic hydroxyl groups excluding tert-OH is 1. The molecular weight excluding hydrogens is 531 g/mol. The predicted molar refractivity (Wildman–Crippen MR) is 144 cm³/mol. The molecular formula is C29H32F3NO5S. The Labute approximate surface area is 229 Å². The van der Waals surface area contributed by atoms with Crippen LogP contribution in [0.5, 0.6) is 5.75 Å². The van der Waals surface area contributed by atoms with Crippen molar-refractivity contribution in [3.8, 4) is 16.9 Å². The van der Waals surface area contributed by atoms with Gasteiger partial charge in [-0.05, 0) is 85.3 Å². The second kappa shape index (κ2) is 12.7. The minimum absolute atomic E-state index is 0.0559. The Bertz CT molecular complexity index is 1280. The van der Waals surface area contributed by atoms with Crippen molar-refractivity contribution >= 4 is 23.2 Å². The first-order valence-electron chi connectivity index (χ1n) is 12.5. The predicted octanol–water partition coefficient (Wildman–Crippen LogP) is 6.48. The van der Waals surface area contributed by atoms with Crippen LogP contribution in [0.4, 0.5) is 13.2 Å². The number of rotatable bonds is 10. The fourth-order valence-corrected chi connectivity index (χ4v) is 5.30. The molecule has 1 heterocycles. The summed E-state index contributed by atoms with van der Waals surface area (Å²) < 4.78 is 50.0. The second-order valence-corrected chi connectivity index (χ2v) is 10.6. The fourth-order valence-electron chi connectivity index (χ4n) is 4.17. The highest BCUT2D eigenvalue weighted by Crippen LogP contribution is 2.37. The van der Waals surface area contributed by atoms with Crippen molar-refractivity contribution in [1.29, 1.82) is 0 Å². The Morgan fingerprint density at radius 1 is 1.03 bits per heavy atom. The molecule has 0 aliphatic rings. The first-order chi connectivity index (χ1) is 18.3. The van der Waals surface area contributed by atoms with Crippen molar-refractivity contribution in [2.75, 3.05) is 13.2 Å². The normalized spacial score (nSPS) is 13.2. The number of hydrogen-bond acceptors (Lipinski definition) is 6. The van der Waals surface area contributed by atoms with E-state index in [4.69, 9.17) is 9.47 Å². The van der Waals surface area contributed by atoms with Crippen LogP contribution in [-0.2, 0) is 15.7 Å². The van der Waals surface area contributed by atoms with Gasteiger partial charge in [0.1, 0.15) is 11.9 Å². The van der Waals surface area contributed by atoms with Crippen LogP contribution in [0.15, 0.2) is 48.5 Å². The van der Waals surface area contributed by atoms with Gasteiger partial charge in [-0.1, -0.05) is 26.0 Å². The van der Waals surface area contributed by atoms with Gasteiger partial charge >= 0.3 is 12.1 Å². The molecule has 3 aromatic rings. The first-order valence-corrected chi connectivity index (χ1v) is 13.3. The molecule has 2 aromatic carbocycles. The minimum Gasteiger partial charge on any atom is -0.485 e. The molecule has 0 radical (unpaired) electrons. The molecule has 210 valence electrons. The molecule has 0 saturated carbocycles. The van der Waals surface area contributed by atoms with E-state index in [0.29, 0.717) is 16.2 Å².